The van der Waals surface area contributed by atoms with Gasteiger partial charge in [-0.25, -0.2) is 0 Å². The van der Waals surface area contributed by atoms with Crippen molar-refractivity contribution in [2.24, 2.45) is 5.73 Å². The van der Waals surface area contributed by atoms with Gasteiger partial charge in [-0.15, -0.1) is 0 Å². The molecule has 0 fully saturated rings. The molecule has 0 rings (SSSR count). The highest BCUT2D eigenvalue weighted by Gasteiger charge is 2.10. The zero-order chi connectivity index (χ0) is 10.1. The molecule has 0 saturated heterocycles. The lowest BCUT2D eigenvalue weighted by Gasteiger charge is -2.29. The van der Waals surface area contributed by atoms with Crippen LogP contribution in [0.5, 0.6) is 0 Å². The minimum Gasteiger partial charge on any atom is -0.329 e. The predicted octanol–water partition coefficient (Wildman–Crippen LogP) is 2.34. The van der Waals surface area contributed by atoms with Crippen molar-refractivity contribution in [1.82, 2.24) is 4.90 Å². The Morgan fingerprint density at radius 3 is 1.50 bits per heavy atom. The molecule has 2 nitrogen and oxygen atoms in total. The van der Waals surface area contributed by atoms with Gasteiger partial charge in [-0.2, -0.15) is 0 Å². The highest BCUT2D eigenvalue weighted by Crippen LogP contribution is 2.02. The van der Waals surface area contributed by atoms with Crippen molar-refractivity contribution in [3.63, 3.8) is 0 Å². The molecule has 0 aliphatic rings. The number of nitrogens with two attached hydrogens (primary N) is 1. The summed E-state index contributed by atoms with van der Waals surface area (Å²) >= 11 is 0. The molecule has 0 heterocycles. The molecule has 0 saturated carbocycles. The van der Waals surface area contributed by atoms with Crippen LogP contribution in [-0.2, 0) is 0 Å². The third-order valence-electron chi connectivity index (χ3n) is 1.71. The molecule has 0 radical (unpaired) electrons. The van der Waals surface area contributed by atoms with Crippen LogP contribution in [0.2, 0.25) is 0 Å². The molecule has 2 heteroatoms. The quantitative estimate of drug-likeness (QED) is 0.712. The van der Waals surface area contributed by atoms with Crippen LogP contribution in [0.15, 0.2) is 0 Å². The van der Waals surface area contributed by atoms with Gasteiger partial charge in [0.1, 0.15) is 0 Å². The van der Waals surface area contributed by atoms with E-state index in [1.807, 2.05) is 13.8 Å². The van der Waals surface area contributed by atoms with Gasteiger partial charge < -0.3 is 5.73 Å². The third-order valence-corrected chi connectivity index (χ3v) is 1.71. The van der Waals surface area contributed by atoms with Gasteiger partial charge in [-0.3, -0.25) is 4.90 Å². The van der Waals surface area contributed by atoms with Crippen LogP contribution < -0.4 is 5.73 Å². The molecule has 0 bridgehead atoms. The van der Waals surface area contributed by atoms with Crippen molar-refractivity contribution in [3.05, 3.63) is 0 Å². The van der Waals surface area contributed by atoms with E-state index in [0.717, 1.165) is 13.1 Å². The predicted molar refractivity (Wildman–Crippen MR) is 59.5 cm³/mol. The summed E-state index contributed by atoms with van der Waals surface area (Å²) in [6.45, 7) is 14.6. The molecule has 0 aromatic heterocycles. The number of rotatable bonds is 4. The first-order valence-electron chi connectivity index (χ1n) is 5.05. The van der Waals surface area contributed by atoms with Crippen LogP contribution in [0.25, 0.3) is 0 Å². The second kappa shape index (κ2) is 9.01. The Kier molecular flexibility index (Phi) is 10.8. The summed E-state index contributed by atoms with van der Waals surface area (Å²) in [5.41, 5.74) is 5.46. The topological polar surface area (TPSA) is 29.3 Å². The highest BCUT2D eigenvalue weighted by atomic mass is 15.2. The van der Waals surface area contributed by atoms with E-state index in [9.17, 15) is 0 Å². The van der Waals surface area contributed by atoms with Gasteiger partial charge >= 0.3 is 0 Å². The molecular weight excluding hydrogens is 148 g/mol. The normalized spacial score (nSPS) is 10.5. The van der Waals surface area contributed by atoms with E-state index in [0.29, 0.717) is 12.1 Å². The fourth-order valence-electron chi connectivity index (χ4n) is 1.26. The van der Waals surface area contributed by atoms with Gasteiger partial charge in [-0.05, 0) is 27.7 Å². The first-order valence-corrected chi connectivity index (χ1v) is 5.05. The Morgan fingerprint density at radius 2 is 1.42 bits per heavy atom. The first-order chi connectivity index (χ1) is 5.59. The van der Waals surface area contributed by atoms with Gasteiger partial charge in [0.15, 0.2) is 0 Å². The van der Waals surface area contributed by atoms with Crippen LogP contribution in [0.3, 0.4) is 0 Å². The SMILES string of the molecule is CC.CC(C)N(CCN)C(C)C.[HH]. The van der Waals surface area contributed by atoms with Crippen molar-refractivity contribution < 1.29 is 1.43 Å². The van der Waals surface area contributed by atoms with E-state index < -0.39 is 0 Å². The van der Waals surface area contributed by atoms with E-state index >= 15 is 0 Å². The summed E-state index contributed by atoms with van der Waals surface area (Å²) in [4.78, 5) is 2.39. The molecule has 12 heavy (non-hydrogen) atoms. The Labute approximate surface area is 79.6 Å². The second-order valence-corrected chi connectivity index (χ2v) is 3.21. The molecule has 0 aliphatic heterocycles. The standard InChI is InChI=1S/C8H20N2.C2H6.H2/c1-7(2)10(6-5-9)8(3)4;1-2;/h7-8H,5-6,9H2,1-4H3;1-2H3;1H. The average molecular weight is 176 g/mol. The highest BCUT2D eigenvalue weighted by molar-refractivity contribution is 4.66. The van der Waals surface area contributed by atoms with Gasteiger partial charge in [0.2, 0.25) is 0 Å². The summed E-state index contributed by atoms with van der Waals surface area (Å²) in [5, 5.41) is 0. The second-order valence-electron chi connectivity index (χ2n) is 3.21. The lowest BCUT2D eigenvalue weighted by atomic mass is 10.2. The zero-order valence-corrected chi connectivity index (χ0v) is 9.59. The minimum atomic E-state index is 0. The summed E-state index contributed by atoms with van der Waals surface area (Å²) < 4.78 is 0. The van der Waals surface area contributed by atoms with Crippen molar-refractivity contribution in [2.75, 3.05) is 13.1 Å². The molecule has 0 atom stereocenters. The largest absolute Gasteiger partial charge is 0.329 e. The monoisotopic (exact) mass is 176 g/mol. The lowest BCUT2D eigenvalue weighted by molar-refractivity contribution is 0.180. The van der Waals surface area contributed by atoms with Crippen molar-refractivity contribution in [1.29, 1.82) is 0 Å². The Balaban J connectivity index is -0.000000309. The maximum Gasteiger partial charge on any atom is 0.0110 e. The average Bonchev–Trinajstić information content (AvgIpc) is 2.03. The van der Waals surface area contributed by atoms with Crippen LogP contribution in [-0.4, -0.2) is 30.1 Å². The number of hydrogen-bond acceptors (Lipinski definition) is 2. The number of nitrogens with zero attached hydrogens (tertiary/aromatic N) is 1. The van der Waals surface area contributed by atoms with Crippen LogP contribution in [0.1, 0.15) is 43.0 Å². The van der Waals surface area contributed by atoms with E-state index in [4.69, 9.17) is 5.73 Å². The minimum absolute atomic E-state index is 0. The molecule has 0 aromatic rings. The van der Waals surface area contributed by atoms with E-state index in [1.54, 1.807) is 0 Å². The third kappa shape index (κ3) is 6.62. The fraction of sp³-hybridized carbons (Fsp3) is 1.00. The Hall–Kier alpha value is -0.0800. The smallest absolute Gasteiger partial charge is 0.0110 e. The Bertz CT molecular complexity index is 77.0. The molecule has 2 N–H and O–H groups in total. The van der Waals surface area contributed by atoms with Crippen molar-refractivity contribution >= 4 is 0 Å². The summed E-state index contributed by atoms with van der Waals surface area (Å²) in [5.74, 6) is 0. The summed E-state index contributed by atoms with van der Waals surface area (Å²) in [6, 6.07) is 1.23. The maximum atomic E-state index is 5.46. The van der Waals surface area contributed by atoms with Crippen LogP contribution in [0.4, 0.5) is 0 Å². The van der Waals surface area contributed by atoms with E-state index in [1.165, 1.54) is 0 Å². The zero-order valence-electron chi connectivity index (χ0n) is 9.59. The van der Waals surface area contributed by atoms with Crippen molar-refractivity contribution in [3.8, 4) is 0 Å². The van der Waals surface area contributed by atoms with Gasteiger partial charge in [0, 0.05) is 26.6 Å². The summed E-state index contributed by atoms with van der Waals surface area (Å²) in [7, 11) is 0. The first kappa shape index (κ1) is 14.4. The van der Waals surface area contributed by atoms with Crippen molar-refractivity contribution in [2.45, 2.75) is 53.6 Å². The summed E-state index contributed by atoms with van der Waals surface area (Å²) in [6.07, 6.45) is 0. The molecular formula is C10H28N2. The molecule has 78 valence electrons. The molecule has 0 spiro atoms. The van der Waals surface area contributed by atoms with Gasteiger partial charge in [-0.1, -0.05) is 13.8 Å². The molecule has 0 unspecified atom stereocenters. The van der Waals surface area contributed by atoms with E-state index in [2.05, 4.69) is 32.6 Å². The van der Waals surface area contributed by atoms with Crippen LogP contribution >= 0.6 is 0 Å². The maximum absolute atomic E-state index is 5.46. The van der Waals surface area contributed by atoms with Crippen LogP contribution in [0, 0.1) is 0 Å². The Morgan fingerprint density at radius 1 is 1.08 bits per heavy atom. The van der Waals surface area contributed by atoms with E-state index in [-0.39, 0.29) is 1.43 Å². The molecule has 0 amide bonds. The van der Waals surface area contributed by atoms with Gasteiger partial charge in [0.05, 0.1) is 0 Å². The fourth-order valence-corrected chi connectivity index (χ4v) is 1.26. The molecule has 0 aromatic carbocycles. The lowest BCUT2D eigenvalue weighted by Crippen LogP contribution is -2.40. The molecule has 0 aliphatic carbocycles. The number of hydrogen-bond donors (Lipinski definition) is 1. The van der Waals surface area contributed by atoms with Gasteiger partial charge in [0.25, 0.3) is 0 Å².